The molecule has 0 N–H and O–H groups in total. The van der Waals surface area contributed by atoms with Crippen molar-refractivity contribution in [3.8, 4) is 11.5 Å². The molecule has 0 aliphatic heterocycles. The third-order valence-corrected chi connectivity index (χ3v) is 3.87. The lowest BCUT2D eigenvalue weighted by Crippen LogP contribution is -2.27. The third-order valence-electron chi connectivity index (χ3n) is 3.87. The Labute approximate surface area is 150 Å². The first-order valence-electron chi connectivity index (χ1n) is 7.80. The van der Waals surface area contributed by atoms with Gasteiger partial charge in [-0.1, -0.05) is 0 Å². The highest BCUT2D eigenvalue weighted by molar-refractivity contribution is 6.51. The number of halogens is 4. The van der Waals surface area contributed by atoms with Gasteiger partial charge in [0.1, 0.15) is 0 Å². The molecule has 0 bridgehead atoms. The minimum Gasteiger partial charge on any atom is -0.432 e. The fraction of sp³-hybridized carbons (Fsp3) is 0.294. The Morgan fingerprint density at radius 3 is 2.52 bits per heavy atom. The summed E-state index contributed by atoms with van der Waals surface area (Å²) in [6.07, 6.45) is -0.320. The van der Waals surface area contributed by atoms with E-state index in [4.69, 9.17) is 4.42 Å². The van der Waals surface area contributed by atoms with E-state index >= 15 is 0 Å². The van der Waals surface area contributed by atoms with Crippen molar-refractivity contribution in [3.05, 3.63) is 40.8 Å². The molecular formula is C17H13F4N3O3. The molecule has 3 rings (SSSR count). The smallest absolute Gasteiger partial charge is 0.244 e. The van der Waals surface area contributed by atoms with E-state index in [0.717, 1.165) is 0 Å². The van der Waals surface area contributed by atoms with Crippen LogP contribution in [0.2, 0.25) is 0 Å². The third kappa shape index (κ3) is 3.39. The number of likely N-dealkylation sites (N-methyl/N-ethyl adjacent to an activating group) is 1. The maximum absolute atomic E-state index is 13.9. The lowest BCUT2D eigenvalue weighted by Gasteiger charge is -2.10. The zero-order valence-corrected chi connectivity index (χ0v) is 14.3. The van der Waals surface area contributed by atoms with Gasteiger partial charge in [-0.3, -0.25) is 14.6 Å². The summed E-state index contributed by atoms with van der Waals surface area (Å²) < 4.78 is 58.9. The normalized spacial score (nSPS) is 15.7. The van der Waals surface area contributed by atoms with Crippen molar-refractivity contribution >= 4 is 17.3 Å². The highest BCUT2D eigenvalue weighted by Gasteiger charge is 2.36. The van der Waals surface area contributed by atoms with Gasteiger partial charge in [0.15, 0.2) is 34.7 Å². The molecule has 1 heterocycles. The number of aromatic nitrogens is 1. The molecule has 10 heteroatoms. The molecule has 0 radical (unpaired) electrons. The van der Waals surface area contributed by atoms with Crippen molar-refractivity contribution in [2.45, 2.75) is 6.42 Å². The molecule has 0 spiro atoms. The van der Waals surface area contributed by atoms with Crippen LogP contribution in [0.1, 0.15) is 27.5 Å². The van der Waals surface area contributed by atoms with Gasteiger partial charge < -0.3 is 9.32 Å². The number of hydrogen-bond donors (Lipinski definition) is 0. The molecule has 0 saturated carbocycles. The van der Waals surface area contributed by atoms with Crippen LogP contribution in [0.4, 0.5) is 17.6 Å². The second-order valence-corrected chi connectivity index (χ2v) is 6.11. The summed E-state index contributed by atoms with van der Waals surface area (Å²) in [6, 6.07) is 0.339. The number of benzene rings is 1. The van der Waals surface area contributed by atoms with Crippen LogP contribution in [0.3, 0.4) is 0 Å². The number of hydrogen-bond acceptors (Lipinski definition) is 6. The monoisotopic (exact) mass is 383 g/mol. The number of aliphatic imine (C=N–C) groups is 1. The van der Waals surface area contributed by atoms with E-state index in [1.54, 1.807) is 0 Å². The fourth-order valence-electron chi connectivity index (χ4n) is 2.47. The van der Waals surface area contributed by atoms with Crippen LogP contribution in [-0.4, -0.2) is 54.3 Å². The lowest BCUT2D eigenvalue weighted by atomic mass is 9.97. The highest BCUT2D eigenvalue weighted by atomic mass is 19.2. The Morgan fingerprint density at radius 1 is 1.15 bits per heavy atom. The molecular weight excluding hydrogens is 370 g/mol. The number of rotatable bonds is 4. The zero-order chi connectivity index (χ0) is 19.9. The van der Waals surface area contributed by atoms with Crippen molar-refractivity contribution in [1.82, 2.24) is 9.88 Å². The quantitative estimate of drug-likeness (QED) is 0.461. The second kappa shape index (κ2) is 7.03. The average molecular weight is 383 g/mol. The van der Waals surface area contributed by atoms with Gasteiger partial charge in [-0.05, 0) is 20.2 Å². The van der Waals surface area contributed by atoms with Crippen molar-refractivity contribution in [1.29, 1.82) is 0 Å². The molecule has 2 aromatic rings. The van der Waals surface area contributed by atoms with Gasteiger partial charge in [-0.2, -0.15) is 0 Å². The van der Waals surface area contributed by atoms with Crippen molar-refractivity contribution in [2.75, 3.05) is 27.2 Å². The molecule has 0 saturated heterocycles. The summed E-state index contributed by atoms with van der Waals surface area (Å²) in [5.74, 6) is -9.96. The van der Waals surface area contributed by atoms with Gasteiger partial charge in [-0.25, -0.2) is 22.5 Å². The SMILES string of the molecule is CN(C)CCN=C1CC(=O)c2nc(-c3cc(F)c(F)c(F)c3F)oc2C1=O. The summed E-state index contributed by atoms with van der Waals surface area (Å²) in [5.41, 5.74) is -1.27. The minimum absolute atomic E-state index is 0.0472. The van der Waals surface area contributed by atoms with Crippen LogP contribution in [-0.2, 0) is 0 Å². The molecule has 0 atom stereocenters. The van der Waals surface area contributed by atoms with E-state index in [2.05, 4.69) is 9.98 Å². The number of nitrogens with zero attached hydrogens (tertiary/aromatic N) is 3. The Bertz CT molecular complexity index is 982. The average Bonchev–Trinajstić information content (AvgIpc) is 3.06. The molecule has 1 aliphatic rings. The Morgan fingerprint density at radius 2 is 1.85 bits per heavy atom. The van der Waals surface area contributed by atoms with Crippen molar-refractivity contribution in [2.24, 2.45) is 4.99 Å². The van der Waals surface area contributed by atoms with E-state index < -0.39 is 52.0 Å². The molecule has 6 nitrogen and oxygen atoms in total. The predicted octanol–water partition coefficient (Wildman–Crippen LogP) is 2.67. The van der Waals surface area contributed by atoms with Crippen LogP contribution in [0.25, 0.3) is 11.5 Å². The maximum atomic E-state index is 13.9. The van der Waals surface area contributed by atoms with Crippen molar-refractivity contribution in [3.63, 3.8) is 0 Å². The zero-order valence-electron chi connectivity index (χ0n) is 14.3. The first-order valence-corrected chi connectivity index (χ1v) is 7.80. The molecule has 0 fully saturated rings. The fourth-order valence-corrected chi connectivity index (χ4v) is 2.47. The van der Waals surface area contributed by atoms with E-state index in [-0.39, 0.29) is 24.4 Å². The number of fused-ring (bicyclic) bond motifs is 1. The first-order chi connectivity index (χ1) is 12.7. The molecule has 142 valence electrons. The van der Waals surface area contributed by atoms with Gasteiger partial charge >= 0.3 is 0 Å². The van der Waals surface area contributed by atoms with Crippen LogP contribution in [0.5, 0.6) is 0 Å². The number of oxazole rings is 1. The Hall–Kier alpha value is -2.88. The van der Waals surface area contributed by atoms with E-state index in [1.165, 1.54) is 0 Å². The number of ketones is 2. The van der Waals surface area contributed by atoms with Gasteiger partial charge in [0, 0.05) is 6.54 Å². The standard InChI is InChI=1S/C17H13F4N3O3/c1-24(2)4-3-22-9-6-10(25)14-16(15(9)26)27-17(23-14)7-5-8(18)12(20)13(21)11(7)19/h5H,3-4,6H2,1-2H3. The Balaban J connectivity index is 2.01. The van der Waals surface area contributed by atoms with Crippen LogP contribution in [0, 0.1) is 23.3 Å². The number of carbonyl (C=O) groups excluding carboxylic acids is 2. The summed E-state index contributed by atoms with van der Waals surface area (Å²) in [4.78, 5) is 34.2. The summed E-state index contributed by atoms with van der Waals surface area (Å²) in [7, 11) is 3.62. The van der Waals surface area contributed by atoms with Crippen LogP contribution in [0.15, 0.2) is 15.5 Å². The van der Waals surface area contributed by atoms with E-state index in [1.807, 2.05) is 19.0 Å². The van der Waals surface area contributed by atoms with Crippen molar-refractivity contribution < 1.29 is 31.6 Å². The van der Waals surface area contributed by atoms with Gasteiger partial charge in [0.2, 0.25) is 17.4 Å². The second-order valence-electron chi connectivity index (χ2n) is 6.11. The molecule has 1 aromatic carbocycles. The van der Waals surface area contributed by atoms with E-state index in [0.29, 0.717) is 12.6 Å². The molecule has 1 aromatic heterocycles. The summed E-state index contributed by atoms with van der Waals surface area (Å²) in [6.45, 7) is 0.805. The van der Waals surface area contributed by atoms with Gasteiger partial charge in [-0.15, -0.1) is 0 Å². The molecule has 0 unspecified atom stereocenters. The number of Topliss-reactive ketones (excluding diaryl/α,β-unsaturated/α-hetero) is 2. The topological polar surface area (TPSA) is 75.8 Å². The lowest BCUT2D eigenvalue weighted by molar-refractivity contribution is 0.0949. The molecule has 27 heavy (non-hydrogen) atoms. The van der Waals surface area contributed by atoms with Gasteiger partial charge in [0.25, 0.3) is 0 Å². The summed E-state index contributed by atoms with van der Waals surface area (Å²) >= 11 is 0. The first kappa shape index (κ1) is 18.9. The Kier molecular flexibility index (Phi) is 4.92. The molecule has 0 amide bonds. The maximum Gasteiger partial charge on any atom is 0.244 e. The minimum atomic E-state index is -2.05. The largest absolute Gasteiger partial charge is 0.432 e. The highest BCUT2D eigenvalue weighted by Crippen LogP contribution is 2.31. The van der Waals surface area contributed by atoms with Gasteiger partial charge in [0.05, 0.1) is 24.2 Å². The van der Waals surface area contributed by atoms with E-state index in [9.17, 15) is 27.2 Å². The molecule has 1 aliphatic carbocycles. The predicted molar refractivity (Wildman–Crippen MR) is 85.9 cm³/mol. The number of carbonyl (C=O) groups is 2. The van der Waals surface area contributed by atoms with Crippen LogP contribution < -0.4 is 0 Å². The van der Waals surface area contributed by atoms with Crippen LogP contribution >= 0.6 is 0 Å². The summed E-state index contributed by atoms with van der Waals surface area (Å²) in [5, 5.41) is 0.